The van der Waals surface area contributed by atoms with E-state index in [1.165, 1.54) is 24.7 Å². The van der Waals surface area contributed by atoms with Crippen molar-refractivity contribution in [2.45, 2.75) is 19.3 Å². The number of anilines is 1. The third kappa shape index (κ3) is 3.10. The van der Waals surface area contributed by atoms with Crippen LogP contribution in [0.5, 0.6) is 0 Å². The smallest absolute Gasteiger partial charge is 0.328 e. The molecule has 1 unspecified atom stereocenters. The van der Waals surface area contributed by atoms with Crippen LogP contribution in [0, 0.1) is 0 Å². The first-order valence-corrected chi connectivity index (χ1v) is 8.14. The van der Waals surface area contributed by atoms with Crippen molar-refractivity contribution in [1.29, 1.82) is 0 Å². The van der Waals surface area contributed by atoms with E-state index in [0.717, 1.165) is 11.3 Å². The summed E-state index contributed by atoms with van der Waals surface area (Å²) in [5.41, 5.74) is 0.808. The molecule has 2 aromatic rings. The number of amides is 3. The summed E-state index contributed by atoms with van der Waals surface area (Å²) in [6.45, 7) is 2.32. The summed E-state index contributed by atoms with van der Waals surface area (Å²) in [5.74, 6) is -2.27. The first-order chi connectivity index (χ1) is 12.0. The van der Waals surface area contributed by atoms with E-state index < -0.39 is 23.6 Å². The first-order valence-electron chi connectivity index (χ1n) is 7.76. The zero-order valence-electron chi connectivity index (χ0n) is 13.4. The zero-order valence-corrected chi connectivity index (χ0v) is 14.2. The van der Waals surface area contributed by atoms with Crippen LogP contribution in [0.3, 0.4) is 0 Å². The molecular formula is C17H15ClN4O3. The number of aromatic nitrogens is 2. The quantitative estimate of drug-likeness (QED) is 0.669. The lowest BCUT2D eigenvalue weighted by Crippen LogP contribution is -2.43. The molecule has 1 atom stereocenters. The summed E-state index contributed by atoms with van der Waals surface area (Å²) in [7, 11) is 0. The number of imide groups is 1. The Hall–Kier alpha value is -2.80. The summed E-state index contributed by atoms with van der Waals surface area (Å²) >= 11 is 6.01. The van der Waals surface area contributed by atoms with E-state index in [2.05, 4.69) is 15.3 Å². The van der Waals surface area contributed by atoms with Crippen LogP contribution in [0.2, 0.25) is 5.02 Å². The van der Waals surface area contributed by atoms with Crippen LogP contribution in [0.15, 0.2) is 36.8 Å². The average molecular weight is 359 g/mol. The van der Waals surface area contributed by atoms with E-state index in [4.69, 9.17) is 11.6 Å². The third-order valence-electron chi connectivity index (χ3n) is 3.82. The molecule has 1 N–H and O–H groups in total. The minimum Gasteiger partial charge on any atom is -0.337 e. The fourth-order valence-electron chi connectivity index (χ4n) is 2.68. The number of carbonyl (C=O) groups is 3. The maximum absolute atomic E-state index is 12.8. The van der Waals surface area contributed by atoms with Crippen molar-refractivity contribution in [2.24, 2.45) is 0 Å². The van der Waals surface area contributed by atoms with Gasteiger partial charge in [-0.1, -0.05) is 24.6 Å². The summed E-state index contributed by atoms with van der Waals surface area (Å²) in [5, 5.41) is 3.02. The maximum Gasteiger partial charge on any atom is 0.328 e. The number of fused-ring (bicyclic) bond motifs is 1. The molecule has 0 spiro atoms. The molecule has 128 valence electrons. The van der Waals surface area contributed by atoms with Gasteiger partial charge in [0.05, 0.1) is 11.9 Å². The van der Waals surface area contributed by atoms with E-state index in [-0.39, 0.29) is 5.69 Å². The van der Waals surface area contributed by atoms with Crippen molar-refractivity contribution in [3.63, 3.8) is 0 Å². The minimum absolute atomic E-state index is 0.0672. The van der Waals surface area contributed by atoms with Gasteiger partial charge in [0.2, 0.25) is 0 Å². The molecular weight excluding hydrogens is 344 g/mol. The van der Waals surface area contributed by atoms with Gasteiger partial charge in [-0.3, -0.25) is 14.6 Å². The van der Waals surface area contributed by atoms with Crippen molar-refractivity contribution in [3.05, 3.63) is 53.1 Å². The third-order valence-corrected chi connectivity index (χ3v) is 4.05. The molecule has 0 aliphatic carbocycles. The fourth-order valence-corrected chi connectivity index (χ4v) is 2.85. The van der Waals surface area contributed by atoms with Gasteiger partial charge in [0.15, 0.2) is 5.78 Å². The fraction of sp³-hybridized carbons (Fsp3) is 0.235. The van der Waals surface area contributed by atoms with Gasteiger partial charge >= 0.3 is 6.03 Å². The summed E-state index contributed by atoms with van der Waals surface area (Å²) < 4.78 is 0. The van der Waals surface area contributed by atoms with E-state index in [9.17, 15) is 14.4 Å². The molecule has 0 radical (unpaired) electrons. The summed E-state index contributed by atoms with van der Waals surface area (Å²) in [6.07, 6.45) is 4.83. The molecule has 3 amide bonds. The van der Waals surface area contributed by atoms with Gasteiger partial charge in [0, 0.05) is 24.0 Å². The lowest BCUT2D eigenvalue weighted by Gasteiger charge is -2.16. The summed E-state index contributed by atoms with van der Waals surface area (Å²) in [4.78, 5) is 46.8. The van der Waals surface area contributed by atoms with Gasteiger partial charge in [-0.2, -0.15) is 0 Å². The van der Waals surface area contributed by atoms with Gasteiger partial charge in [-0.15, -0.1) is 0 Å². The number of carbonyl (C=O) groups excluding carboxylic acids is 3. The number of nitrogens with one attached hydrogen (secondary N) is 1. The van der Waals surface area contributed by atoms with Crippen LogP contribution in [-0.4, -0.2) is 34.2 Å². The molecule has 1 aliphatic rings. The molecule has 1 aromatic heterocycles. The second kappa shape index (κ2) is 6.98. The number of nitrogens with zero attached hydrogens (tertiary/aromatic N) is 3. The van der Waals surface area contributed by atoms with Crippen LogP contribution in [0.4, 0.5) is 10.5 Å². The number of rotatable bonds is 4. The van der Waals surface area contributed by atoms with Crippen molar-refractivity contribution < 1.29 is 14.4 Å². The topological polar surface area (TPSA) is 92.3 Å². The van der Waals surface area contributed by atoms with E-state index >= 15 is 0 Å². The number of urea groups is 1. The average Bonchev–Trinajstić information content (AvgIpc) is 2.91. The van der Waals surface area contributed by atoms with Gasteiger partial charge in [0.25, 0.3) is 5.91 Å². The first kappa shape index (κ1) is 17.0. The molecule has 25 heavy (non-hydrogen) atoms. The highest BCUT2D eigenvalue weighted by atomic mass is 35.5. The SMILES string of the molecule is CCCNC(=O)N1C(=O)C(C(=O)c2cnccn2)c2ccc(Cl)cc21. The van der Waals surface area contributed by atoms with Gasteiger partial charge in [-0.05, 0) is 24.1 Å². The monoisotopic (exact) mass is 358 g/mol. The van der Waals surface area contributed by atoms with Crippen LogP contribution in [0.1, 0.15) is 35.3 Å². The minimum atomic E-state index is -1.14. The van der Waals surface area contributed by atoms with Crippen LogP contribution < -0.4 is 10.2 Å². The van der Waals surface area contributed by atoms with Gasteiger partial charge in [0.1, 0.15) is 11.6 Å². The largest absolute Gasteiger partial charge is 0.337 e. The Labute approximate surface area is 149 Å². The van der Waals surface area contributed by atoms with Gasteiger partial charge in [-0.25, -0.2) is 14.7 Å². The molecule has 0 saturated carbocycles. The standard InChI is InChI=1S/C17H15ClN4O3/c1-2-5-21-17(25)22-13-8-10(18)3-4-11(13)14(16(22)24)15(23)12-9-19-6-7-20-12/h3-4,6-9,14H,2,5H2,1H3,(H,21,25). The number of ketones is 1. The predicted octanol–water partition coefficient (Wildman–Crippen LogP) is 2.56. The van der Waals surface area contributed by atoms with Crippen LogP contribution >= 0.6 is 11.6 Å². The van der Waals surface area contributed by atoms with Crippen LogP contribution in [0.25, 0.3) is 0 Å². The highest BCUT2D eigenvalue weighted by Gasteiger charge is 2.45. The number of benzene rings is 1. The Morgan fingerprint density at radius 2 is 2.12 bits per heavy atom. The molecule has 0 saturated heterocycles. The highest BCUT2D eigenvalue weighted by molar-refractivity contribution is 6.33. The Bertz CT molecular complexity index is 841. The van der Waals surface area contributed by atoms with E-state index in [0.29, 0.717) is 22.8 Å². The summed E-state index contributed by atoms with van der Waals surface area (Å²) in [6, 6.07) is 4.09. The maximum atomic E-state index is 12.8. The lowest BCUT2D eigenvalue weighted by molar-refractivity contribution is -0.117. The molecule has 1 aromatic carbocycles. The molecule has 2 heterocycles. The van der Waals surface area contributed by atoms with Crippen molar-refractivity contribution in [3.8, 4) is 0 Å². The number of hydrogen-bond acceptors (Lipinski definition) is 5. The molecule has 7 nitrogen and oxygen atoms in total. The molecule has 8 heteroatoms. The second-order valence-corrected chi connectivity index (χ2v) is 5.93. The molecule has 0 fully saturated rings. The number of halogens is 1. The normalized spacial score (nSPS) is 15.8. The Morgan fingerprint density at radius 1 is 1.32 bits per heavy atom. The Morgan fingerprint density at radius 3 is 2.80 bits per heavy atom. The van der Waals surface area contributed by atoms with Crippen molar-refractivity contribution in [1.82, 2.24) is 15.3 Å². The molecule has 1 aliphatic heterocycles. The zero-order chi connectivity index (χ0) is 18.0. The molecule has 3 rings (SSSR count). The van der Waals surface area contributed by atoms with E-state index in [1.54, 1.807) is 12.1 Å². The molecule has 0 bridgehead atoms. The number of hydrogen-bond donors (Lipinski definition) is 1. The highest BCUT2D eigenvalue weighted by Crippen LogP contribution is 2.40. The van der Waals surface area contributed by atoms with E-state index in [1.807, 2.05) is 6.92 Å². The van der Waals surface area contributed by atoms with Crippen LogP contribution in [-0.2, 0) is 4.79 Å². The predicted molar refractivity (Wildman–Crippen MR) is 91.7 cm³/mol. The lowest BCUT2D eigenvalue weighted by atomic mass is 9.94. The van der Waals surface area contributed by atoms with Crippen molar-refractivity contribution >= 4 is 35.0 Å². The Balaban J connectivity index is 2.03. The van der Waals surface area contributed by atoms with Gasteiger partial charge < -0.3 is 5.32 Å². The Kier molecular flexibility index (Phi) is 4.76. The second-order valence-electron chi connectivity index (χ2n) is 5.50. The number of Topliss-reactive ketones (excluding diaryl/α,β-unsaturated/α-hetero) is 1. The van der Waals surface area contributed by atoms with Crippen molar-refractivity contribution in [2.75, 3.05) is 11.4 Å².